The maximum atomic E-state index is 12.6. The Morgan fingerprint density at radius 3 is 2.68 bits per heavy atom. The van der Waals surface area contributed by atoms with Crippen LogP contribution < -0.4 is 5.32 Å². The number of rotatable bonds is 4. The van der Waals surface area contributed by atoms with Crippen molar-refractivity contribution in [3.63, 3.8) is 0 Å². The first-order valence-corrected chi connectivity index (χ1v) is 11.1. The monoisotopic (exact) mass is 443 g/mol. The topological polar surface area (TPSA) is 82.3 Å². The molecule has 1 saturated heterocycles. The zero-order valence-electron chi connectivity index (χ0n) is 13.6. The number of halogens is 1. The van der Waals surface area contributed by atoms with Crippen LogP contribution in [0.2, 0.25) is 0 Å². The molecular formula is C16H18BrN3O3S2. The standard InChI is InChI=1S/C16H18BrN3O3S2/c1-11-8-12(17)2-3-14(11)19-16(21)15-9-13(10-18-15)25(22,23)20-4-6-24-7-5-20/h2-3,8-10,18H,4-7H2,1H3,(H,19,21). The first kappa shape index (κ1) is 18.5. The summed E-state index contributed by atoms with van der Waals surface area (Å²) in [6, 6.07) is 6.92. The highest BCUT2D eigenvalue weighted by Crippen LogP contribution is 2.23. The van der Waals surface area contributed by atoms with Crippen molar-refractivity contribution in [2.75, 3.05) is 29.9 Å². The zero-order valence-corrected chi connectivity index (χ0v) is 16.8. The van der Waals surface area contributed by atoms with E-state index in [-0.39, 0.29) is 16.5 Å². The molecule has 1 aromatic heterocycles. The van der Waals surface area contributed by atoms with Crippen LogP contribution in [-0.2, 0) is 10.0 Å². The van der Waals surface area contributed by atoms with Gasteiger partial charge in [-0.05, 0) is 36.8 Å². The van der Waals surface area contributed by atoms with Crippen molar-refractivity contribution in [1.29, 1.82) is 0 Å². The summed E-state index contributed by atoms with van der Waals surface area (Å²) >= 11 is 5.12. The Morgan fingerprint density at radius 1 is 1.28 bits per heavy atom. The van der Waals surface area contributed by atoms with Gasteiger partial charge in [-0.15, -0.1) is 0 Å². The summed E-state index contributed by atoms with van der Waals surface area (Å²) in [5, 5.41) is 2.80. The molecule has 3 rings (SSSR count). The third-order valence-corrected chi connectivity index (χ3v) is 7.26. The number of hydrogen-bond acceptors (Lipinski definition) is 4. The molecule has 134 valence electrons. The van der Waals surface area contributed by atoms with E-state index in [0.29, 0.717) is 18.8 Å². The molecule has 1 aromatic carbocycles. The van der Waals surface area contributed by atoms with Crippen LogP contribution in [0.15, 0.2) is 39.8 Å². The molecule has 0 atom stereocenters. The van der Waals surface area contributed by atoms with Gasteiger partial charge in [0.2, 0.25) is 10.0 Å². The molecule has 0 spiro atoms. The molecule has 0 saturated carbocycles. The van der Waals surface area contributed by atoms with Gasteiger partial charge in [0, 0.05) is 41.0 Å². The van der Waals surface area contributed by atoms with Gasteiger partial charge >= 0.3 is 0 Å². The minimum absolute atomic E-state index is 0.122. The number of benzene rings is 1. The summed E-state index contributed by atoms with van der Waals surface area (Å²) < 4.78 is 27.7. The van der Waals surface area contributed by atoms with Gasteiger partial charge in [-0.25, -0.2) is 8.42 Å². The molecule has 2 heterocycles. The number of anilines is 1. The van der Waals surface area contributed by atoms with E-state index in [9.17, 15) is 13.2 Å². The average molecular weight is 444 g/mol. The number of nitrogens with zero attached hydrogens (tertiary/aromatic N) is 1. The Hall–Kier alpha value is -1.29. The third kappa shape index (κ3) is 4.11. The van der Waals surface area contributed by atoms with Crippen LogP contribution in [0.25, 0.3) is 0 Å². The Bertz CT molecular complexity index is 890. The molecule has 1 fully saturated rings. The number of thioether (sulfide) groups is 1. The van der Waals surface area contributed by atoms with E-state index in [1.165, 1.54) is 16.6 Å². The number of carbonyl (C=O) groups is 1. The second kappa shape index (κ2) is 7.53. The highest BCUT2D eigenvalue weighted by atomic mass is 79.9. The largest absolute Gasteiger partial charge is 0.356 e. The molecular weight excluding hydrogens is 426 g/mol. The fourth-order valence-corrected chi connectivity index (χ4v) is 5.59. The summed E-state index contributed by atoms with van der Waals surface area (Å²) in [6.07, 6.45) is 1.38. The predicted octanol–water partition coefficient (Wildman–Crippen LogP) is 3.08. The number of aromatic nitrogens is 1. The van der Waals surface area contributed by atoms with E-state index in [1.807, 2.05) is 19.1 Å². The molecule has 9 heteroatoms. The summed E-state index contributed by atoms with van der Waals surface area (Å²) in [5.41, 5.74) is 1.81. The lowest BCUT2D eigenvalue weighted by Gasteiger charge is -2.24. The van der Waals surface area contributed by atoms with Gasteiger partial charge in [0.05, 0.1) is 0 Å². The molecule has 25 heavy (non-hydrogen) atoms. The van der Waals surface area contributed by atoms with E-state index in [0.717, 1.165) is 21.5 Å². The SMILES string of the molecule is Cc1cc(Br)ccc1NC(=O)c1cc(S(=O)(=O)N2CCSCC2)c[nH]1. The normalized spacial score (nSPS) is 15.9. The minimum atomic E-state index is -3.56. The summed E-state index contributed by atoms with van der Waals surface area (Å²) in [7, 11) is -3.56. The molecule has 0 unspecified atom stereocenters. The minimum Gasteiger partial charge on any atom is -0.356 e. The molecule has 1 amide bonds. The number of aromatic amines is 1. The van der Waals surface area contributed by atoms with Crippen LogP contribution in [0.1, 0.15) is 16.1 Å². The Balaban J connectivity index is 1.77. The average Bonchev–Trinajstić information content (AvgIpc) is 3.09. The summed E-state index contributed by atoms with van der Waals surface area (Å²) in [4.78, 5) is 15.3. The molecule has 2 aromatic rings. The van der Waals surface area contributed by atoms with Gasteiger partial charge in [-0.3, -0.25) is 4.79 Å². The van der Waals surface area contributed by atoms with E-state index in [4.69, 9.17) is 0 Å². The zero-order chi connectivity index (χ0) is 18.0. The number of aryl methyl sites for hydroxylation is 1. The van der Waals surface area contributed by atoms with Crippen molar-refractivity contribution in [1.82, 2.24) is 9.29 Å². The van der Waals surface area contributed by atoms with Crippen molar-refractivity contribution in [3.05, 3.63) is 46.2 Å². The van der Waals surface area contributed by atoms with Crippen molar-refractivity contribution in [3.8, 4) is 0 Å². The van der Waals surface area contributed by atoms with Gasteiger partial charge in [0.25, 0.3) is 5.91 Å². The van der Waals surface area contributed by atoms with Crippen molar-refractivity contribution in [2.24, 2.45) is 0 Å². The molecule has 1 aliphatic rings. The van der Waals surface area contributed by atoms with Gasteiger partial charge in [0.15, 0.2) is 0 Å². The fraction of sp³-hybridized carbons (Fsp3) is 0.312. The van der Waals surface area contributed by atoms with Crippen molar-refractivity contribution < 1.29 is 13.2 Å². The predicted molar refractivity (Wildman–Crippen MR) is 104 cm³/mol. The summed E-state index contributed by atoms with van der Waals surface area (Å²) in [5.74, 6) is 1.21. The maximum Gasteiger partial charge on any atom is 0.272 e. The number of H-pyrrole nitrogens is 1. The van der Waals surface area contributed by atoms with Gasteiger partial charge in [0.1, 0.15) is 10.6 Å². The first-order chi connectivity index (χ1) is 11.9. The van der Waals surface area contributed by atoms with Crippen LogP contribution in [-0.4, -0.2) is 48.2 Å². The molecule has 6 nitrogen and oxygen atoms in total. The molecule has 0 aliphatic carbocycles. The highest BCUT2D eigenvalue weighted by molar-refractivity contribution is 9.10. The van der Waals surface area contributed by atoms with Crippen LogP contribution >= 0.6 is 27.7 Å². The molecule has 2 N–H and O–H groups in total. The lowest BCUT2D eigenvalue weighted by molar-refractivity contribution is 0.102. The lowest BCUT2D eigenvalue weighted by Crippen LogP contribution is -2.37. The Kier molecular flexibility index (Phi) is 5.57. The second-order valence-corrected chi connectivity index (χ2v) is 9.76. The number of amides is 1. The number of nitrogens with one attached hydrogen (secondary N) is 2. The van der Waals surface area contributed by atoms with Crippen molar-refractivity contribution in [2.45, 2.75) is 11.8 Å². The van der Waals surface area contributed by atoms with Crippen LogP contribution in [0.5, 0.6) is 0 Å². The third-order valence-electron chi connectivity index (χ3n) is 3.95. The lowest BCUT2D eigenvalue weighted by atomic mass is 10.2. The van der Waals surface area contributed by atoms with E-state index >= 15 is 0 Å². The van der Waals surface area contributed by atoms with Gasteiger partial charge in [-0.2, -0.15) is 16.1 Å². The summed E-state index contributed by atoms with van der Waals surface area (Å²) in [6.45, 7) is 2.88. The molecule has 0 bridgehead atoms. The van der Waals surface area contributed by atoms with Crippen LogP contribution in [0, 0.1) is 6.92 Å². The van der Waals surface area contributed by atoms with Gasteiger partial charge in [-0.1, -0.05) is 15.9 Å². The van der Waals surface area contributed by atoms with Crippen LogP contribution in [0.4, 0.5) is 5.69 Å². The quantitative estimate of drug-likeness (QED) is 0.760. The fourth-order valence-electron chi connectivity index (χ4n) is 2.55. The second-order valence-electron chi connectivity index (χ2n) is 5.68. The molecule has 1 aliphatic heterocycles. The van der Waals surface area contributed by atoms with E-state index < -0.39 is 10.0 Å². The van der Waals surface area contributed by atoms with E-state index in [2.05, 4.69) is 26.2 Å². The Morgan fingerprint density at radius 2 is 2.00 bits per heavy atom. The maximum absolute atomic E-state index is 12.6. The van der Waals surface area contributed by atoms with Crippen molar-refractivity contribution >= 4 is 49.3 Å². The molecule has 0 radical (unpaired) electrons. The van der Waals surface area contributed by atoms with Gasteiger partial charge < -0.3 is 10.3 Å². The first-order valence-electron chi connectivity index (χ1n) is 7.72. The smallest absolute Gasteiger partial charge is 0.272 e. The van der Waals surface area contributed by atoms with Crippen LogP contribution in [0.3, 0.4) is 0 Å². The highest BCUT2D eigenvalue weighted by Gasteiger charge is 2.27. The number of hydrogen-bond donors (Lipinski definition) is 2. The van der Waals surface area contributed by atoms with E-state index in [1.54, 1.807) is 17.8 Å². The Labute approximate surface area is 159 Å². The number of sulfonamides is 1. The number of carbonyl (C=O) groups excluding carboxylic acids is 1.